The second-order valence-corrected chi connectivity index (χ2v) is 18.2. The van der Waals surface area contributed by atoms with Crippen molar-refractivity contribution in [3.05, 3.63) is 23.8 Å². The monoisotopic (exact) mass is 665 g/mol. The summed E-state index contributed by atoms with van der Waals surface area (Å²) in [5.41, 5.74) is 2.45. The average molecular weight is 665 g/mol. The Morgan fingerprint density at radius 3 is 2.02 bits per heavy atom. The molecule has 0 amide bonds. The van der Waals surface area contributed by atoms with E-state index in [1.165, 1.54) is 128 Å². The van der Waals surface area contributed by atoms with Crippen LogP contribution in [-0.4, -0.2) is 12.1 Å². The van der Waals surface area contributed by atoms with Gasteiger partial charge in [0.25, 0.3) is 0 Å². The van der Waals surface area contributed by atoms with Crippen LogP contribution in [-0.2, 0) is 9.53 Å². The van der Waals surface area contributed by atoms with Crippen LogP contribution < -0.4 is 0 Å². The molecule has 48 heavy (non-hydrogen) atoms. The Balaban J connectivity index is 1.15. The number of esters is 1. The highest BCUT2D eigenvalue weighted by molar-refractivity contribution is 5.69. The number of hydrogen-bond donors (Lipinski definition) is 0. The maximum Gasteiger partial charge on any atom is 0.306 e. The minimum atomic E-state index is 0.0593. The van der Waals surface area contributed by atoms with Gasteiger partial charge in [0, 0.05) is 12.8 Å². The fraction of sp³-hybridized carbons (Fsp3) is 0.891. The Hall–Kier alpha value is -1.05. The van der Waals surface area contributed by atoms with Gasteiger partial charge in [-0.3, -0.25) is 4.79 Å². The molecular weight excluding hydrogens is 585 g/mol. The van der Waals surface area contributed by atoms with Crippen molar-refractivity contribution in [1.29, 1.82) is 0 Å². The highest BCUT2D eigenvalue weighted by Crippen LogP contribution is 2.67. The van der Waals surface area contributed by atoms with Gasteiger partial charge in [-0.1, -0.05) is 156 Å². The fourth-order valence-electron chi connectivity index (χ4n) is 11.6. The smallest absolute Gasteiger partial charge is 0.306 e. The molecular formula is C46H80O2. The van der Waals surface area contributed by atoms with Gasteiger partial charge in [-0.25, -0.2) is 0 Å². The molecule has 2 nitrogen and oxygen atoms in total. The van der Waals surface area contributed by atoms with E-state index in [0.717, 1.165) is 48.9 Å². The molecule has 0 unspecified atom stereocenters. The van der Waals surface area contributed by atoms with Crippen molar-refractivity contribution in [3.63, 3.8) is 0 Å². The predicted molar refractivity (Wildman–Crippen MR) is 207 cm³/mol. The highest BCUT2D eigenvalue weighted by Gasteiger charge is 2.59. The molecule has 4 rings (SSSR count). The van der Waals surface area contributed by atoms with Gasteiger partial charge in [0.1, 0.15) is 6.10 Å². The van der Waals surface area contributed by atoms with Crippen LogP contribution in [0, 0.1) is 52.3 Å². The Morgan fingerprint density at radius 2 is 1.42 bits per heavy atom. The first-order valence-corrected chi connectivity index (χ1v) is 21.7. The first-order chi connectivity index (χ1) is 23.1. The van der Waals surface area contributed by atoms with Gasteiger partial charge in [0.2, 0.25) is 0 Å². The lowest BCUT2D eigenvalue weighted by Crippen LogP contribution is -2.51. The second-order valence-electron chi connectivity index (χ2n) is 18.2. The van der Waals surface area contributed by atoms with Crippen molar-refractivity contribution in [3.8, 4) is 0 Å². The minimum absolute atomic E-state index is 0.0593. The van der Waals surface area contributed by atoms with E-state index in [0.29, 0.717) is 29.1 Å². The molecule has 4 aliphatic rings. The second kappa shape index (κ2) is 19.5. The molecule has 0 N–H and O–H groups in total. The number of carbonyl (C=O) groups excluding carboxylic acids is 1. The number of rotatable bonds is 21. The van der Waals surface area contributed by atoms with Gasteiger partial charge in [0.05, 0.1) is 0 Å². The molecule has 0 aliphatic heterocycles. The topological polar surface area (TPSA) is 26.3 Å². The maximum absolute atomic E-state index is 12.8. The Kier molecular flexibility index (Phi) is 16.2. The minimum Gasteiger partial charge on any atom is -0.462 e. The summed E-state index contributed by atoms with van der Waals surface area (Å²) in [5.74, 6) is 5.56. The molecule has 3 fully saturated rings. The summed E-state index contributed by atoms with van der Waals surface area (Å²) in [7, 11) is 0. The molecule has 4 aliphatic carbocycles. The zero-order valence-corrected chi connectivity index (χ0v) is 33.1. The molecule has 0 radical (unpaired) electrons. The summed E-state index contributed by atoms with van der Waals surface area (Å²) in [6, 6.07) is 0. The Bertz CT molecular complexity index is 1010. The van der Waals surface area contributed by atoms with E-state index in [1.54, 1.807) is 5.57 Å². The van der Waals surface area contributed by atoms with Crippen molar-refractivity contribution in [2.75, 3.05) is 0 Å². The number of hydrogen-bond acceptors (Lipinski definition) is 2. The molecule has 0 aromatic heterocycles. The number of allylic oxidation sites excluding steroid dienone is 3. The van der Waals surface area contributed by atoms with E-state index in [-0.39, 0.29) is 12.1 Å². The van der Waals surface area contributed by atoms with Crippen LogP contribution in [0.15, 0.2) is 23.8 Å². The molecule has 0 spiro atoms. The third-order valence-corrected chi connectivity index (χ3v) is 14.8. The summed E-state index contributed by atoms with van der Waals surface area (Å²) >= 11 is 0. The van der Waals surface area contributed by atoms with E-state index < -0.39 is 0 Å². The van der Waals surface area contributed by atoms with Crippen LogP contribution in [0.25, 0.3) is 0 Å². The van der Waals surface area contributed by atoms with Gasteiger partial charge < -0.3 is 4.74 Å². The van der Waals surface area contributed by atoms with Crippen molar-refractivity contribution < 1.29 is 9.53 Å². The molecule has 0 saturated heterocycles. The third kappa shape index (κ3) is 10.3. The van der Waals surface area contributed by atoms with Crippen molar-refractivity contribution >= 4 is 5.97 Å². The van der Waals surface area contributed by atoms with Gasteiger partial charge in [-0.05, 0) is 110 Å². The highest BCUT2D eigenvalue weighted by atomic mass is 16.5. The van der Waals surface area contributed by atoms with E-state index in [2.05, 4.69) is 66.7 Å². The van der Waals surface area contributed by atoms with Crippen molar-refractivity contribution in [2.24, 2.45) is 52.3 Å². The molecule has 2 heteroatoms. The number of unbranched alkanes of at least 4 members (excludes halogenated alkanes) is 13. The normalized spacial score (nSPS) is 32.8. The van der Waals surface area contributed by atoms with Gasteiger partial charge in [-0.15, -0.1) is 0 Å². The van der Waals surface area contributed by atoms with Crippen LogP contribution >= 0.6 is 0 Å². The van der Waals surface area contributed by atoms with Crippen LogP contribution in [0.4, 0.5) is 0 Å². The van der Waals surface area contributed by atoms with Crippen LogP contribution in [0.1, 0.15) is 203 Å². The number of carbonyl (C=O) groups is 1. The largest absolute Gasteiger partial charge is 0.462 e. The van der Waals surface area contributed by atoms with Crippen molar-refractivity contribution in [2.45, 2.75) is 209 Å². The summed E-state index contributed by atoms with van der Waals surface area (Å²) < 4.78 is 6.14. The van der Waals surface area contributed by atoms with E-state index in [9.17, 15) is 4.79 Å². The van der Waals surface area contributed by atoms with Gasteiger partial charge in [0.15, 0.2) is 0 Å². The molecule has 0 aromatic carbocycles. The average Bonchev–Trinajstić information content (AvgIpc) is 3.42. The van der Waals surface area contributed by atoms with Gasteiger partial charge >= 0.3 is 5.97 Å². The first-order valence-electron chi connectivity index (χ1n) is 21.7. The fourth-order valence-corrected chi connectivity index (χ4v) is 11.6. The Labute approximate surface area is 299 Å². The summed E-state index contributed by atoms with van der Waals surface area (Å²) in [5, 5.41) is 0. The lowest BCUT2D eigenvalue weighted by molar-refractivity contribution is -0.151. The van der Waals surface area contributed by atoms with Crippen molar-refractivity contribution in [1.82, 2.24) is 0 Å². The standard InChI is InChI=1S/C46H80O2/c1-8-10-11-12-13-14-15-16-17-18-19-20-21-22-23-44(47)48-39-30-32-45(6)38(34-39)26-27-40-42-29-28-41(46(42,7)33-31-43(40)45)36(5)24-25-37(9-2)35(3)4/h24-26,35-37,39-43H,8-23,27-34H2,1-7H3/b25-24+/t36-,37-,39+,40+,41-,42+,43+,45+,46-/m1/s1. The summed E-state index contributed by atoms with van der Waals surface area (Å²) in [4.78, 5) is 12.8. The first kappa shape index (κ1) is 39.7. The lowest BCUT2D eigenvalue weighted by Gasteiger charge is -2.58. The van der Waals surface area contributed by atoms with E-state index >= 15 is 0 Å². The third-order valence-electron chi connectivity index (χ3n) is 14.8. The lowest BCUT2D eigenvalue weighted by atomic mass is 9.47. The summed E-state index contributed by atoms with van der Waals surface area (Å²) in [6.45, 7) is 17.2. The molecule has 0 aromatic rings. The van der Waals surface area contributed by atoms with Crippen LogP contribution in [0.2, 0.25) is 0 Å². The SMILES string of the molecule is CCCCCCCCCCCCCCCCC(=O)O[C@H]1CC[C@@]2(C)C(=CC[C@H]3[C@@H]4CC[C@H]([C@H](C)/C=C/[C@@H](CC)C(C)C)[C@@]4(C)CC[C@@H]32)C1. The maximum atomic E-state index is 12.8. The Morgan fingerprint density at radius 1 is 0.792 bits per heavy atom. The zero-order valence-electron chi connectivity index (χ0n) is 33.1. The van der Waals surface area contributed by atoms with E-state index in [4.69, 9.17) is 4.74 Å². The zero-order chi connectivity index (χ0) is 34.6. The summed E-state index contributed by atoms with van der Waals surface area (Å²) in [6.07, 6.45) is 38.8. The van der Waals surface area contributed by atoms with Gasteiger partial charge in [-0.2, -0.15) is 0 Å². The molecule has 9 atom stereocenters. The quantitative estimate of drug-likeness (QED) is 0.0693. The molecule has 276 valence electrons. The van der Waals surface area contributed by atoms with Crippen LogP contribution in [0.5, 0.6) is 0 Å². The molecule has 3 saturated carbocycles. The number of fused-ring (bicyclic) bond motifs is 5. The molecule has 0 heterocycles. The number of ether oxygens (including phenoxy) is 1. The molecule has 0 bridgehead atoms. The van der Waals surface area contributed by atoms with Crippen LogP contribution in [0.3, 0.4) is 0 Å². The predicted octanol–water partition coefficient (Wildman–Crippen LogP) is 14.2. The van der Waals surface area contributed by atoms with E-state index in [1.807, 2.05) is 0 Å².